The molecule has 12 heavy (non-hydrogen) atoms. The molecule has 1 unspecified atom stereocenters. The monoisotopic (exact) mass is 187 g/mol. The molecule has 0 aromatic heterocycles. The lowest BCUT2D eigenvalue weighted by atomic mass is 10.2. The topological polar surface area (TPSA) is 3.24 Å². The first-order chi connectivity index (χ1) is 5.65. The molecule has 0 aliphatic rings. The average Bonchev–Trinajstić information content (AvgIpc) is 2.12. The largest absolute Gasteiger partial charge is 0.297 e. The van der Waals surface area contributed by atoms with Gasteiger partial charge >= 0.3 is 0 Å². The lowest BCUT2D eigenvalue weighted by molar-refractivity contribution is 0.233. The van der Waals surface area contributed by atoms with Gasteiger partial charge in [-0.05, 0) is 19.9 Å². The summed E-state index contributed by atoms with van der Waals surface area (Å²) in [5.41, 5.74) is 1.21. The van der Waals surface area contributed by atoms with E-state index >= 15 is 0 Å². The van der Waals surface area contributed by atoms with Gasteiger partial charge in [-0.1, -0.05) is 26.0 Å². The van der Waals surface area contributed by atoms with Gasteiger partial charge < -0.3 is 0 Å². The molecule has 2 heteroatoms. The first-order valence-electron chi connectivity index (χ1n) is 4.67. The van der Waals surface area contributed by atoms with E-state index < -0.39 is 0 Å². The Hall–Kier alpha value is 0.0500. The lowest BCUT2D eigenvalue weighted by Gasteiger charge is -2.27. The van der Waals surface area contributed by atoms with Crippen LogP contribution in [0.15, 0.2) is 12.2 Å². The zero-order valence-corrected chi connectivity index (χ0v) is 9.40. The van der Waals surface area contributed by atoms with E-state index in [0.717, 1.165) is 18.8 Å². The quantitative estimate of drug-likeness (QED) is 0.494. The van der Waals surface area contributed by atoms with Crippen molar-refractivity contribution in [3.63, 3.8) is 0 Å². The fourth-order valence-corrected chi connectivity index (χ4v) is 1.27. The molecule has 0 saturated carbocycles. The summed E-state index contributed by atoms with van der Waals surface area (Å²) in [5.74, 6) is 0.799. The van der Waals surface area contributed by atoms with Gasteiger partial charge in [-0.3, -0.25) is 4.90 Å². The second kappa shape index (κ2) is 6.55. The minimum absolute atomic E-state index is 0.659. The zero-order valence-electron chi connectivity index (χ0n) is 8.51. The summed E-state index contributed by atoms with van der Waals surface area (Å²) < 4.78 is 0. The van der Waals surface area contributed by atoms with Crippen LogP contribution in [0.5, 0.6) is 0 Å². The highest BCUT2D eigenvalue weighted by atomic mass is 32.1. The summed E-state index contributed by atoms with van der Waals surface area (Å²) in [6, 6.07) is 0.659. The number of likely N-dealkylation sites (N-methyl/N-ethyl adjacent to an activating group) is 1. The van der Waals surface area contributed by atoms with Crippen molar-refractivity contribution in [3.05, 3.63) is 12.2 Å². The van der Waals surface area contributed by atoms with E-state index in [4.69, 9.17) is 0 Å². The molecule has 1 atom stereocenters. The Bertz CT molecular complexity index is 134. The molecule has 0 N–H and O–H groups in total. The molecule has 0 heterocycles. The Morgan fingerprint density at radius 3 is 2.42 bits per heavy atom. The van der Waals surface area contributed by atoms with Crippen LogP contribution in [0.1, 0.15) is 27.2 Å². The van der Waals surface area contributed by atoms with Crippen LogP contribution < -0.4 is 0 Å². The molecule has 0 aliphatic heterocycles. The smallest absolute Gasteiger partial charge is 0.0201 e. The molecule has 0 radical (unpaired) electrons. The molecular formula is C10H21NS. The molecule has 0 rings (SSSR count). The first kappa shape index (κ1) is 12.0. The van der Waals surface area contributed by atoms with Crippen LogP contribution in [0.25, 0.3) is 0 Å². The van der Waals surface area contributed by atoms with Crippen molar-refractivity contribution in [3.8, 4) is 0 Å². The molecule has 0 saturated heterocycles. The Labute approximate surface area is 82.2 Å². The third-order valence-corrected chi connectivity index (χ3v) is 2.72. The van der Waals surface area contributed by atoms with Crippen LogP contribution in [0.4, 0.5) is 0 Å². The van der Waals surface area contributed by atoms with Crippen LogP contribution in [-0.4, -0.2) is 29.8 Å². The molecule has 0 aromatic rings. The van der Waals surface area contributed by atoms with Gasteiger partial charge in [0, 0.05) is 18.3 Å². The highest BCUT2D eigenvalue weighted by Gasteiger charge is 2.09. The number of thiol groups is 1. The fraction of sp³-hybridized carbons (Fsp3) is 0.800. The molecule has 0 amide bonds. The van der Waals surface area contributed by atoms with Crippen molar-refractivity contribution >= 4 is 12.6 Å². The normalized spacial score (nSPS) is 13.4. The SMILES string of the molecule is C=C(CS)CN(CC)C(C)CC. The van der Waals surface area contributed by atoms with Crippen LogP contribution in [0.3, 0.4) is 0 Å². The van der Waals surface area contributed by atoms with E-state index in [1.807, 2.05) is 0 Å². The summed E-state index contributed by atoms with van der Waals surface area (Å²) in [6.45, 7) is 12.7. The van der Waals surface area contributed by atoms with Gasteiger partial charge in [-0.25, -0.2) is 0 Å². The predicted octanol–water partition coefficient (Wildman–Crippen LogP) is 2.59. The second-order valence-corrected chi connectivity index (χ2v) is 3.54. The number of nitrogens with zero attached hydrogens (tertiary/aromatic N) is 1. The van der Waals surface area contributed by atoms with Gasteiger partial charge in [0.05, 0.1) is 0 Å². The first-order valence-corrected chi connectivity index (χ1v) is 5.30. The zero-order chi connectivity index (χ0) is 9.56. The Morgan fingerprint density at radius 1 is 1.50 bits per heavy atom. The van der Waals surface area contributed by atoms with Crippen molar-refractivity contribution in [2.45, 2.75) is 33.2 Å². The van der Waals surface area contributed by atoms with Gasteiger partial charge in [0.1, 0.15) is 0 Å². The van der Waals surface area contributed by atoms with E-state index in [0.29, 0.717) is 6.04 Å². The predicted molar refractivity (Wildman–Crippen MR) is 60.0 cm³/mol. The molecule has 1 nitrogen and oxygen atoms in total. The van der Waals surface area contributed by atoms with E-state index in [2.05, 4.69) is 44.9 Å². The average molecular weight is 187 g/mol. The summed E-state index contributed by atoms with van der Waals surface area (Å²) >= 11 is 4.20. The molecule has 72 valence electrons. The third-order valence-electron chi connectivity index (χ3n) is 2.27. The molecule has 0 aliphatic carbocycles. The molecular weight excluding hydrogens is 166 g/mol. The van der Waals surface area contributed by atoms with Gasteiger partial charge in [0.15, 0.2) is 0 Å². The van der Waals surface area contributed by atoms with Crippen molar-refractivity contribution in [2.75, 3.05) is 18.8 Å². The highest BCUT2D eigenvalue weighted by Crippen LogP contribution is 2.06. The van der Waals surface area contributed by atoms with Crippen molar-refractivity contribution in [2.24, 2.45) is 0 Å². The van der Waals surface area contributed by atoms with E-state index in [-0.39, 0.29) is 0 Å². The van der Waals surface area contributed by atoms with Crippen molar-refractivity contribution in [1.82, 2.24) is 4.90 Å². The minimum Gasteiger partial charge on any atom is -0.297 e. The summed E-state index contributed by atoms with van der Waals surface area (Å²) in [6.07, 6.45) is 1.20. The van der Waals surface area contributed by atoms with Gasteiger partial charge in [-0.2, -0.15) is 12.6 Å². The second-order valence-electron chi connectivity index (χ2n) is 3.23. The van der Waals surface area contributed by atoms with Crippen molar-refractivity contribution < 1.29 is 0 Å². The lowest BCUT2D eigenvalue weighted by Crippen LogP contribution is -2.34. The van der Waals surface area contributed by atoms with E-state index in [1.165, 1.54) is 12.0 Å². The maximum absolute atomic E-state index is 4.20. The van der Waals surface area contributed by atoms with E-state index in [9.17, 15) is 0 Å². The van der Waals surface area contributed by atoms with Crippen LogP contribution in [0, 0.1) is 0 Å². The Morgan fingerprint density at radius 2 is 2.08 bits per heavy atom. The maximum atomic E-state index is 4.20. The standard InChI is InChI=1S/C10H21NS/c1-5-10(4)11(6-2)7-9(3)8-12/h10,12H,3,5-8H2,1-2,4H3. The van der Waals surface area contributed by atoms with Crippen LogP contribution >= 0.6 is 12.6 Å². The van der Waals surface area contributed by atoms with Crippen molar-refractivity contribution in [1.29, 1.82) is 0 Å². The molecule has 0 bridgehead atoms. The molecule has 0 spiro atoms. The fourth-order valence-electron chi connectivity index (χ4n) is 1.17. The Kier molecular flexibility index (Phi) is 6.58. The molecule has 0 fully saturated rings. The number of hydrogen-bond acceptors (Lipinski definition) is 2. The number of hydrogen-bond donors (Lipinski definition) is 1. The summed E-state index contributed by atoms with van der Waals surface area (Å²) in [7, 11) is 0. The van der Waals surface area contributed by atoms with Gasteiger partial charge in [0.2, 0.25) is 0 Å². The van der Waals surface area contributed by atoms with Crippen LogP contribution in [0.2, 0.25) is 0 Å². The minimum atomic E-state index is 0.659. The van der Waals surface area contributed by atoms with E-state index in [1.54, 1.807) is 0 Å². The van der Waals surface area contributed by atoms with Gasteiger partial charge in [0.25, 0.3) is 0 Å². The van der Waals surface area contributed by atoms with Gasteiger partial charge in [-0.15, -0.1) is 0 Å². The highest BCUT2D eigenvalue weighted by molar-refractivity contribution is 7.80. The summed E-state index contributed by atoms with van der Waals surface area (Å²) in [5, 5.41) is 0. The van der Waals surface area contributed by atoms with Crippen LogP contribution in [-0.2, 0) is 0 Å². The maximum Gasteiger partial charge on any atom is 0.0201 e. The molecule has 0 aromatic carbocycles. The third kappa shape index (κ3) is 4.17. The summed E-state index contributed by atoms with van der Waals surface area (Å²) in [4.78, 5) is 2.43. The Balaban J connectivity index is 3.90. The number of rotatable bonds is 6.